The number of thioether (sulfide) groups is 1. The average Bonchev–Trinajstić information content (AvgIpc) is 3.15. The normalized spacial score (nSPS) is 10.6. The van der Waals surface area contributed by atoms with Crippen LogP contribution < -0.4 is 4.74 Å². The topological polar surface area (TPSA) is 74.5 Å². The first-order valence-corrected chi connectivity index (χ1v) is 9.84. The van der Waals surface area contributed by atoms with Gasteiger partial charge in [0.1, 0.15) is 5.75 Å². The van der Waals surface area contributed by atoms with Crippen molar-refractivity contribution in [3.05, 3.63) is 58.4 Å². The number of carbonyl (C=O) groups is 1. The van der Waals surface area contributed by atoms with Gasteiger partial charge in [-0.3, -0.25) is 4.79 Å². The van der Waals surface area contributed by atoms with Gasteiger partial charge < -0.3 is 14.0 Å². The minimum atomic E-state index is -0.344. The van der Waals surface area contributed by atoms with Crippen molar-refractivity contribution in [2.75, 3.05) is 12.9 Å². The molecule has 0 N–H and O–H groups in total. The van der Waals surface area contributed by atoms with Gasteiger partial charge in [-0.1, -0.05) is 33.2 Å². The number of methoxy groups -OCH3 is 1. The van der Waals surface area contributed by atoms with Crippen LogP contribution in [0.3, 0.4) is 0 Å². The number of esters is 1. The third-order valence-corrected chi connectivity index (χ3v) is 5.28. The summed E-state index contributed by atoms with van der Waals surface area (Å²) in [7, 11) is 1.59. The highest BCUT2D eigenvalue weighted by Gasteiger charge is 2.12. The molecular weight excluding hydrogens is 432 g/mol. The lowest BCUT2D eigenvalue weighted by Gasteiger charge is -2.05. The van der Waals surface area contributed by atoms with Crippen LogP contribution in [0.15, 0.2) is 56.4 Å². The Morgan fingerprint density at radius 2 is 2.11 bits per heavy atom. The van der Waals surface area contributed by atoms with Crippen LogP contribution in [0.5, 0.6) is 5.75 Å². The maximum Gasteiger partial charge on any atom is 0.316 e. The van der Waals surface area contributed by atoms with E-state index in [0.29, 0.717) is 11.6 Å². The molecule has 0 fully saturated rings. The van der Waals surface area contributed by atoms with Gasteiger partial charge in [0, 0.05) is 14.9 Å². The summed E-state index contributed by atoms with van der Waals surface area (Å²) in [6.07, 6.45) is 0. The Bertz CT molecular complexity index is 945. The zero-order valence-corrected chi connectivity index (χ0v) is 17.2. The third kappa shape index (κ3) is 5.33. The highest BCUT2D eigenvalue weighted by Crippen LogP contribution is 2.25. The monoisotopic (exact) mass is 448 g/mol. The molecule has 0 atom stereocenters. The molecule has 27 heavy (non-hydrogen) atoms. The van der Waals surface area contributed by atoms with Gasteiger partial charge in [0.25, 0.3) is 5.89 Å². The van der Waals surface area contributed by atoms with E-state index >= 15 is 0 Å². The van der Waals surface area contributed by atoms with E-state index in [0.717, 1.165) is 20.5 Å². The first kappa shape index (κ1) is 19.4. The fourth-order valence-corrected chi connectivity index (χ4v) is 3.57. The molecule has 2 aromatic carbocycles. The van der Waals surface area contributed by atoms with Crippen molar-refractivity contribution >= 4 is 33.7 Å². The van der Waals surface area contributed by atoms with Crippen molar-refractivity contribution in [3.8, 4) is 17.1 Å². The molecule has 0 unspecified atom stereocenters. The Hall–Kier alpha value is -2.32. The summed E-state index contributed by atoms with van der Waals surface area (Å²) in [5.41, 5.74) is 1.86. The van der Waals surface area contributed by atoms with Crippen molar-refractivity contribution in [2.24, 2.45) is 0 Å². The Morgan fingerprint density at radius 3 is 2.89 bits per heavy atom. The van der Waals surface area contributed by atoms with Crippen LogP contribution in [0.1, 0.15) is 11.5 Å². The molecule has 140 valence electrons. The van der Waals surface area contributed by atoms with E-state index < -0.39 is 0 Å². The predicted octanol–water partition coefficient (Wildman–Crippen LogP) is 4.65. The summed E-state index contributed by atoms with van der Waals surface area (Å²) in [4.78, 5) is 17.3. The fraction of sp³-hybridized carbons (Fsp3) is 0.211. The number of benzene rings is 2. The van der Waals surface area contributed by atoms with Crippen molar-refractivity contribution in [1.29, 1.82) is 0 Å². The molecule has 0 spiro atoms. The molecule has 0 bridgehead atoms. The minimum Gasteiger partial charge on any atom is -0.497 e. The Kier molecular flexibility index (Phi) is 6.52. The van der Waals surface area contributed by atoms with E-state index in [2.05, 4.69) is 26.1 Å². The lowest BCUT2D eigenvalue weighted by molar-refractivity contribution is -0.142. The Morgan fingerprint density at radius 1 is 1.26 bits per heavy atom. The van der Waals surface area contributed by atoms with Crippen LogP contribution in [0, 0.1) is 6.92 Å². The van der Waals surface area contributed by atoms with Crippen molar-refractivity contribution in [1.82, 2.24) is 10.1 Å². The summed E-state index contributed by atoms with van der Waals surface area (Å²) in [5.74, 6) is 1.22. The molecule has 3 rings (SSSR count). The molecule has 0 amide bonds. The molecule has 8 heteroatoms. The van der Waals surface area contributed by atoms with Crippen LogP contribution in [0.25, 0.3) is 11.4 Å². The molecule has 0 aliphatic heterocycles. The molecule has 1 heterocycles. The van der Waals surface area contributed by atoms with Crippen LogP contribution in [-0.4, -0.2) is 29.0 Å². The standard InChI is InChI=1S/C19H17BrN2O4S/c1-12-8-14(20)6-7-16(12)27-11-18(23)25-10-17-21-19(22-26-17)13-4-3-5-15(9-13)24-2/h3-9H,10-11H2,1-2H3. The van der Waals surface area contributed by atoms with Crippen LogP contribution in [-0.2, 0) is 16.1 Å². The molecule has 0 saturated carbocycles. The van der Waals surface area contributed by atoms with Gasteiger partial charge in [0.15, 0.2) is 6.61 Å². The molecular formula is C19H17BrN2O4S. The number of hydrogen-bond acceptors (Lipinski definition) is 7. The number of rotatable bonds is 7. The van der Waals surface area contributed by atoms with E-state index in [4.69, 9.17) is 14.0 Å². The Balaban J connectivity index is 1.52. The van der Waals surface area contributed by atoms with Gasteiger partial charge in [0.05, 0.1) is 12.9 Å². The fourth-order valence-electron chi connectivity index (χ4n) is 2.29. The number of carbonyl (C=O) groups excluding carboxylic acids is 1. The largest absolute Gasteiger partial charge is 0.497 e. The van der Waals surface area contributed by atoms with Gasteiger partial charge in [-0.05, 0) is 42.8 Å². The molecule has 0 radical (unpaired) electrons. The van der Waals surface area contributed by atoms with Crippen molar-refractivity contribution < 1.29 is 18.8 Å². The Labute approximate surface area is 169 Å². The maximum absolute atomic E-state index is 12.0. The zero-order chi connectivity index (χ0) is 19.2. The van der Waals surface area contributed by atoms with Crippen molar-refractivity contribution in [2.45, 2.75) is 18.4 Å². The van der Waals surface area contributed by atoms with E-state index in [1.54, 1.807) is 13.2 Å². The molecule has 3 aromatic rings. The van der Waals surface area contributed by atoms with Gasteiger partial charge in [-0.2, -0.15) is 4.98 Å². The van der Waals surface area contributed by atoms with Gasteiger partial charge in [-0.25, -0.2) is 0 Å². The molecule has 0 saturated heterocycles. The third-order valence-electron chi connectivity index (χ3n) is 3.64. The zero-order valence-electron chi connectivity index (χ0n) is 14.8. The van der Waals surface area contributed by atoms with E-state index in [9.17, 15) is 4.79 Å². The summed E-state index contributed by atoms with van der Waals surface area (Å²) >= 11 is 4.85. The summed E-state index contributed by atoms with van der Waals surface area (Å²) in [5, 5.41) is 3.91. The van der Waals surface area contributed by atoms with Crippen molar-refractivity contribution in [3.63, 3.8) is 0 Å². The van der Waals surface area contributed by atoms with Gasteiger partial charge in [0.2, 0.25) is 5.82 Å². The summed E-state index contributed by atoms with van der Waals surface area (Å²) < 4.78 is 16.6. The average molecular weight is 449 g/mol. The van der Waals surface area contributed by atoms with Crippen LogP contribution in [0.4, 0.5) is 0 Å². The highest BCUT2D eigenvalue weighted by molar-refractivity contribution is 9.10. The number of aryl methyl sites for hydroxylation is 1. The van der Waals surface area contributed by atoms with E-state index in [-0.39, 0.29) is 24.2 Å². The first-order valence-electron chi connectivity index (χ1n) is 8.07. The van der Waals surface area contributed by atoms with Crippen LogP contribution >= 0.6 is 27.7 Å². The summed E-state index contributed by atoms with van der Waals surface area (Å²) in [6.45, 7) is 1.94. The predicted molar refractivity (Wildman–Crippen MR) is 106 cm³/mol. The molecule has 6 nitrogen and oxygen atoms in total. The second-order valence-electron chi connectivity index (χ2n) is 5.60. The number of ether oxygens (including phenoxy) is 2. The SMILES string of the molecule is COc1cccc(-c2noc(COC(=O)CSc3ccc(Br)cc3C)n2)c1. The summed E-state index contributed by atoms with van der Waals surface area (Å²) in [6, 6.07) is 13.2. The van der Waals surface area contributed by atoms with E-state index in [1.165, 1.54) is 11.8 Å². The number of nitrogens with zero attached hydrogens (tertiary/aromatic N) is 2. The second-order valence-corrected chi connectivity index (χ2v) is 7.54. The number of aromatic nitrogens is 2. The smallest absolute Gasteiger partial charge is 0.316 e. The highest BCUT2D eigenvalue weighted by atomic mass is 79.9. The maximum atomic E-state index is 12.0. The van der Waals surface area contributed by atoms with Crippen LogP contribution in [0.2, 0.25) is 0 Å². The van der Waals surface area contributed by atoms with E-state index in [1.807, 2.05) is 43.3 Å². The lowest BCUT2D eigenvalue weighted by atomic mass is 10.2. The quantitative estimate of drug-likeness (QED) is 0.384. The molecule has 0 aliphatic rings. The number of halogens is 1. The second kappa shape index (κ2) is 9.05. The minimum absolute atomic E-state index is 0.0598. The van der Waals surface area contributed by atoms with Gasteiger partial charge in [-0.15, -0.1) is 11.8 Å². The molecule has 1 aromatic heterocycles. The molecule has 0 aliphatic carbocycles. The lowest BCUT2D eigenvalue weighted by Crippen LogP contribution is -2.07. The van der Waals surface area contributed by atoms with Gasteiger partial charge >= 0.3 is 5.97 Å². The first-order chi connectivity index (χ1) is 13.0. The number of hydrogen-bond donors (Lipinski definition) is 0.